The van der Waals surface area contributed by atoms with E-state index in [9.17, 15) is 0 Å². The first-order valence-electron chi connectivity index (χ1n) is 11.8. The molecule has 0 atom stereocenters. The van der Waals surface area contributed by atoms with Crippen LogP contribution in [0.5, 0.6) is 0 Å². The Hall–Kier alpha value is -4.76. The number of hydrogen-bond acceptors (Lipinski definition) is 2. The molecule has 3 nitrogen and oxygen atoms in total. The van der Waals surface area contributed by atoms with Crippen molar-refractivity contribution in [2.45, 2.75) is 0 Å². The van der Waals surface area contributed by atoms with Gasteiger partial charge in [0.15, 0.2) is 0 Å². The first-order chi connectivity index (χ1) is 17.4. The highest BCUT2D eigenvalue weighted by atomic mass is 15.2. The van der Waals surface area contributed by atoms with Gasteiger partial charge in [0, 0.05) is 27.9 Å². The fraction of sp³-hybridized carbons (Fsp3) is 0. The summed E-state index contributed by atoms with van der Waals surface area (Å²) in [6.45, 7) is 0. The van der Waals surface area contributed by atoms with Crippen LogP contribution < -0.4 is 0 Å². The lowest BCUT2D eigenvalue weighted by molar-refractivity contribution is 0.994. The van der Waals surface area contributed by atoms with E-state index >= 15 is 0 Å². The quantitative estimate of drug-likeness (QED) is 0.274. The molecule has 0 saturated heterocycles. The summed E-state index contributed by atoms with van der Waals surface area (Å²) >= 11 is 0. The Balaban J connectivity index is 1.52. The van der Waals surface area contributed by atoms with E-state index in [1.807, 2.05) is 18.3 Å². The van der Waals surface area contributed by atoms with Gasteiger partial charge in [-0.05, 0) is 28.6 Å². The van der Waals surface area contributed by atoms with Gasteiger partial charge in [-0.2, -0.15) is 0 Å². The predicted molar refractivity (Wildman–Crippen MR) is 145 cm³/mol. The van der Waals surface area contributed by atoms with Crippen LogP contribution in [0.25, 0.3) is 60.9 Å². The highest BCUT2D eigenvalue weighted by Crippen LogP contribution is 2.36. The van der Waals surface area contributed by atoms with E-state index in [0.717, 1.165) is 27.9 Å². The molecule has 7 aromatic rings. The minimum Gasteiger partial charge on any atom is -0.277 e. The summed E-state index contributed by atoms with van der Waals surface area (Å²) in [5.41, 5.74) is 6.57. The van der Waals surface area contributed by atoms with E-state index in [-0.39, 0.29) is 0 Å². The van der Waals surface area contributed by atoms with E-state index in [2.05, 4.69) is 114 Å². The minimum absolute atomic E-state index is 0.674. The zero-order chi connectivity index (χ0) is 23.2. The smallest absolute Gasteiger partial charge is 0.235 e. The van der Waals surface area contributed by atoms with Crippen LogP contribution in [0, 0.1) is 0 Å². The molecule has 2 aromatic heterocycles. The Morgan fingerprint density at radius 2 is 1.23 bits per heavy atom. The van der Waals surface area contributed by atoms with Gasteiger partial charge in [0.1, 0.15) is 0 Å². The van der Waals surface area contributed by atoms with E-state index in [1.54, 1.807) is 0 Å². The van der Waals surface area contributed by atoms with E-state index in [1.165, 1.54) is 27.1 Å². The van der Waals surface area contributed by atoms with Crippen LogP contribution in [-0.2, 0) is 0 Å². The fourth-order valence-electron chi connectivity index (χ4n) is 5.12. The predicted octanol–water partition coefficient (Wildman–Crippen LogP) is 8.06. The molecule has 35 heavy (non-hydrogen) atoms. The number of fused-ring (bicyclic) bond motifs is 5. The first kappa shape index (κ1) is 19.7. The number of aromatic nitrogens is 3. The molecule has 7 rings (SSSR count). The zero-order valence-corrected chi connectivity index (χ0v) is 19.0. The standard InChI is InChI=1S/C32H21N3/c1-2-10-22(11-3-1)24-13-6-7-15-26(24)29-20-21-33-32(34-29)35-30-17-9-8-16-27(30)28-19-18-23-12-4-5-14-25(23)31(28)35/h1-21H. The highest BCUT2D eigenvalue weighted by Gasteiger charge is 2.17. The van der Waals surface area contributed by atoms with Crippen molar-refractivity contribution in [1.29, 1.82) is 0 Å². The summed E-state index contributed by atoms with van der Waals surface area (Å²) in [4.78, 5) is 9.90. The molecule has 0 radical (unpaired) electrons. The van der Waals surface area contributed by atoms with Crippen LogP contribution in [0.4, 0.5) is 0 Å². The molecule has 0 bridgehead atoms. The molecular formula is C32H21N3. The topological polar surface area (TPSA) is 30.7 Å². The van der Waals surface area contributed by atoms with Crippen LogP contribution in [0.3, 0.4) is 0 Å². The summed E-state index contributed by atoms with van der Waals surface area (Å²) in [7, 11) is 0. The van der Waals surface area contributed by atoms with Crippen molar-refractivity contribution in [3.63, 3.8) is 0 Å². The number of para-hydroxylation sites is 1. The van der Waals surface area contributed by atoms with Crippen molar-refractivity contribution in [3.8, 4) is 28.3 Å². The maximum absolute atomic E-state index is 5.13. The Kier molecular flexibility index (Phi) is 4.46. The van der Waals surface area contributed by atoms with E-state index in [4.69, 9.17) is 9.97 Å². The van der Waals surface area contributed by atoms with Crippen LogP contribution >= 0.6 is 0 Å². The lowest BCUT2D eigenvalue weighted by Gasteiger charge is -2.12. The first-order valence-corrected chi connectivity index (χ1v) is 11.8. The summed E-state index contributed by atoms with van der Waals surface area (Å²) in [6, 6.07) is 42.3. The average molecular weight is 448 g/mol. The van der Waals surface area contributed by atoms with Gasteiger partial charge < -0.3 is 0 Å². The lowest BCUT2D eigenvalue weighted by Crippen LogP contribution is -2.02. The molecule has 164 valence electrons. The number of hydrogen-bond donors (Lipinski definition) is 0. The Morgan fingerprint density at radius 3 is 2.11 bits per heavy atom. The van der Waals surface area contributed by atoms with Gasteiger partial charge in [-0.15, -0.1) is 0 Å². The molecular weight excluding hydrogens is 426 g/mol. The second-order valence-electron chi connectivity index (χ2n) is 8.69. The molecule has 2 heterocycles. The van der Waals surface area contributed by atoms with Crippen LogP contribution in [0.1, 0.15) is 0 Å². The van der Waals surface area contributed by atoms with Gasteiger partial charge in [-0.1, -0.05) is 109 Å². The van der Waals surface area contributed by atoms with Crippen molar-refractivity contribution in [2.75, 3.05) is 0 Å². The van der Waals surface area contributed by atoms with Crippen LogP contribution in [0.15, 0.2) is 128 Å². The van der Waals surface area contributed by atoms with Crippen molar-refractivity contribution in [2.24, 2.45) is 0 Å². The molecule has 0 spiro atoms. The largest absolute Gasteiger partial charge is 0.277 e. The van der Waals surface area contributed by atoms with Crippen LogP contribution in [-0.4, -0.2) is 14.5 Å². The molecule has 0 aliphatic carbocycles. The molecule has 0 fully saturated rings. The van der Waals surface area contributed by atoms with Crippen LogP contribution in [0.2, 0.25) is 0 Å². The maximum atomic E-state index is 5.13. The third kappa shape index (κ3) is 3.13. The second-order valence-corrected chi connectivity index (χ2v) is 8.69. The molecule has 0 amide bonds. The Labute approximate surface area is 203 Å². The van der Waals surface area contributed by atoms with Crippen molar-refractivity contribution in [3.05, 3.63) is 128 Å². The average Bonchev–Trinajstić information content (AvgIpc) is 3.29. The Bertz CT molecular complexity index is 1850. The summed E-state index contributed by atoms with van der Waals surface area (Å²) in [5.74, 6) is 0.674. The fourth-order valence-corrected chi connectivity index (χ4v) is 5.12. The molecule has 0 unspecified atom stereocenters. The lowest BCUT2D eigenvalue weighted by atomic mass is 9.98. The van der Waals surface area contributed by atoms with E-state index < -0.39 is 0 Å². The third-order valence-electron chi connectivity index (χ3n) is 6.69. The van der Waals surface area contributed by atoms with Gasteiger partial charge in [0.25, 0.3) is 0 Å². The Morgan fingerprint density at radius 1 is 0.514 bits per heavy atom. The molecule has 3 heteroatoms. The van der Waals surface area contributed by atoms with Gasteiger partial charge in [-0.3, -0.25) is 4.57 Å². The third-order valence-corrected chi connectivity index (χ3v) is 6.69. The van der Waals surface area contributed by atoms with Gasteiger partial charge in [0.05, 0.1) is 16.7 Å². The molecule has 0 aliphatic heterocycles. The number of nitrogens with zero attached hydrogens (tertiary/aromatic N) is 3. The number of benzene rings is 5. The minimum atomic E-state index is 0.674. The molecule has 0 aliphatic rings. The highest BCUT2D eigenvalue weighted by molar-refractivity contribution is 6.18. The van der Waals surface area contributed by atoms with Gasteiger partial charge in [0.2, 0.25) is 5.95 Å². The van der Waals surface area contributed by atoms with Gasteiger partial charge >= 0.3 is 0 Å². The summed E-state index contributed by atoms with van der Waals surface area (Å²) < 4.78 is 2.21. The summed E-state index contributed by atoms with van der Waals surface area (Å²) in [6.07, 6.45) is 1.87. The van der Waals surface area contributed by atoms with Gasteiger partial charge in [-0.25, -0.2) is 9.97 Å². The molecule has 5 aromatic carbocycles. The maximum Gasteiger partial charge on any atom is 0.235 e. The summed E-state index contributed by atoms with van der Waals surface area (Å²) in [5, 5.41) is 4.81. The van der Waals surface area contributed by atoms with Crippen molar-refractivity contribution >= 4 is 32.6 Å². The number of rotatable bonds is 3. The van der Waals surface area contributed by atoms with Crippen molar-refractivity contribution < 1.29 is 0 Å². The SMILES string of the molecule is c1ccc(-c2ccccc2-c2ccnc(-n3c4ccccc4c4ccc5ccccc5c43)n2)cc1. The molecule has 0 saturated carbocycles. The molecule has 0 N–H and O–H groups in total. The van der Waals surface area contributed by atoms with Crippen molar-refractivity contribution in [1.82, 2.24) is 14.5 Å². The van der Waals surface area contributed by atoms with E-state index in [0.29, 0.717) is 5.95 Å². The second kappa shape index (κ2) is 7.93. The monoisotopic (exact) mass is 447 g/mol. The zero-order valence-electron chi connectivity index (χ0n) is 19.0. The normalized spacial score (nSPS) is 11.4.